The van der Waals surface area contributed by atoms with Crippen molar-refractivity contribution >= 4 is 40.3 Å². The van der Waals surface area contributed by atoms with Crippen molar-refractivity contribution in [2.24, 2.45) is 4.99 Å². The van der Waals surface area contributed by atoms with E-state index in [-0.39, 0.29) is 11.5 Å². The van der Waals surface area contributed by atoms with Gasteiger partial charge < -0.3 is 5.32 Å². The van der Waals surface area contributed by atoms with Gasteiger partial charge in [-0.25, -0.2) is 4.99 Å². The third-order valence-corrected chi connectivity index (χ3v) is 7.65. The summed E-state index contributed by atoms with van der Waals surface area (Å²) in [5, 5.41) is 9.27. The molecular weight excluding hydrogens is 466 g/mol. The van der Waals surface area contributed by atoms with Crippen molar-refractivity contribution in [1.82, 2.24) is 14.3 Å². The molecule has 0 spiro atoms. The second-order valence-corrected chi connectivity index (χ2v) is 9.98. The molecule has 1 N–H and O–H groups in total. The monoisotopic (exact) mass is 489 g/mol. The number of hydrogen-bond acceptors (Lipinski definition) is 6. The summed E-state index contributed by atoms with van der Waals surface area (Å²) < 4.78 is 4.02. The highest BCUT2D eigenvalue weighted by molar-refractivity contribution is 7.10. The molecule has 34 heavy (non-hydrogen) atoms. The Balaban J connectivity index is 1.64. The molecule has 1 aliphatic heterocycles. The topological polar surface area (TPSA) is 81.3 Å². The maximum atomic E-state index is 13.6. The number of benzene rings is 1. The highest BCUT2D eigenvalue weighted by Gasteiger charge is 2.33. The normalized spacial score (nSPS) is 15.9. The second-order valence-electron chi connectivity index (χ2n) is 8.00. The highest BCUT2D eigenvalue weighted by atomic mass is 32.1. The van der Waals surface area contributed by atoms with Gasteiger partial charge in [0.25, 0.3) is 11.5 Å². The Bertz CT molecular complexity index is 1590. The van der Waals surface area contributed by atoms with Gasteiger partial charge in [0.2, 0.25) is 0 Å². The van der Waals surface area contributed by atoms with Crippen molar-refractivity contribution in [2.45, 2.75) is 33.4 Å². The SMILES string of the molecule is CCn1cc(/C=c2/sc3n(c2=O)[C@H](c2cccs2)C(C(=O)Nc2ccccc2C)=C(C)N=3)cn1. The first kappa shape index (κ1) is 22.2. The minimum Gasteiger partial charge on any atom is -0.322 e. The molecule has 0 unspecified atom stereocenters. The summed E-state index contributed by atoms with van der Waals surface area (Å²) in [5.74, 6) is -0.257. The number of thiazole rings is 1. The Morgan fingerprint density at radius 3 is 2.74 bits per heavy atom. The molecule has 1 aromatic carbocycles. The largest absolute Gasteiger partial charge is 0.322 e. The number of rotatable bonds is 5. The van der Waals surface area contributed by atoms with Crippen molar-refractivity contribution in [3.05, 3.63) is 101 Å². The fraction of sp³-hybridized carbons (Fsp3) is 0.200. The molecule has 0 saturated heterocycles. The number of thiophene rings is 1. The van der Waals surface area contributed by atoms with Gasteiger partial charge in [0.05, 0.1) is 22.0 Å². The van der Waals surface area contributed by atoms with Crippen LogP contribution in [0.3, 0.4) is 0 Å². The molecule has 0 saturated carbocycles. The van der Waals surface area contributed by atoms with Crippen LogP contribution in [-0.4, -0.2) is 20.3 Å². The maximum absolute atomic E-state index is 13.6. The molecule has 1 amide bonds. The number of aromatic nitrogens is 3. The minimum atomic E-state index is -0.541. The van der Waals surface area contributed by atoms with Gasteiger partial charge in [-0.1, -0.05) is 35.6 Å². The van der Waals surface area contributed by atoms with Crippen LogP contribution in [0.25, 0.3) is 6.08 Å². The molecule has 0 aliphatic carbocycles. The maximum Gasteiger partial charge on any atom is 0.271 e. The zero-order valence-electron chi connectivity index (χ0n) is 19.0. The molecule has 4 heterocycles. The van der Waals surface area contributed by atoms with Gasteiger partial charge in [-0.3, -0.25) is 18.8 Å². The number of aryl methyl sites for hydroxylation is 2. The number of carbonyl (C=O) groups is 1. The van der Waals surface area contributed by atoms with Crippen LogP contribution in [0.2, 0.25) is 0 Å². The predicted molar refractivity (Wildman–Crippen MR) is 136 cm³/mol. The van der Waals surface area contributed by atoms with Crippen LogP contribution in [0.5, 0.6) is 0 Å². The number of anilines is 1. The quantitative estimate of drug-likeness (QED) is 0.466. The molecule has 4 aromatic rings. The Morgan fingerprint density at radius 1 is 1.21 bits per heavy atom. The van der Waals surface area contributed by atoms with E-state index in [2.05, 4.69) is 15.4 Å². The molecule has 9 heteroatoms. The fourth-order valence-corrected chi connectivity index (χ4v) is 5.88. The van der Waals surface area contributed by atoms with Gasteiger partial charge in [-0.15, -0.1) is 11.3 Å². The number of hydrogen-bond donors (Lipinski definition) is 1. The summed E-state index contributed by atoms with van der Waals surface area (Å²) in [6.45, 7) is 6.54. The number of nitrogens with one attached hydrogen (secondary N) is 1. The summed E-state index contributed by atoms with van der Waals surface area (Å²) in [6, 6.07) is 11.0. The van der Waals surface area contributed by atoms with Gasteiger partial charge in [-0.05, 0) is 49.9 Å². The smallest absolute Gasteiger partial charge is 0.271 e. The second kappa shape index (κ2) is 9.00. The van der Waals surface area contributed by atoms with Gasteiger partial charge >= 0.3 is 0 Å². The number of fused-ring (bicyclic) bond motifs is 1. The first-order chi connectivity index (χ1) is 16.5. The Hall–Kier alpha value is -3.56. The number of carbonyl (C=O) groups excluding carboxylic acids is 1. The molecule has 1 aliphatic rings. The van der Waals surface area contributed by atoms with Gasteiger partial charge in [-0.2, -0.15) is 5.10 Å². The highest BCUT2D eigenvalue weighted by Crippen LogP contribution is 2.33. The van der Waals surface area contributed by atoms with E-state index < -0.39 is 6.04 Å². The first-order valence-electron chi connectivity index (χ1n) is 10.9. The number of allylic oxidation sites excluding steroid dienone is 1. The van der Waals surface area contributed by atoms with E-state index in [4.69, 9.17) is 0 Å². The zero-order valence-corrected chi connectivity index (χ0v) is 20.6. The first-order valence-corrected chi connectivity index (χ1v) is 12.6. The van der Waals surface area contributed by atoms with Crippen molar-refractivity contribution in [2.75, 3.05) is 5.32 Å². The van der Waals surface area contributed by atoms with Crippen LogP contribution in [0.15, 0.2) is 75.2 Å². The molecule has 0 fully saturated rings. The standard InChI is InChI=1S/C25H23N5O2S2/c1-4-29-14-17(13-26-29)12-20-24(32)30-22(19-10-7-11-33-19)21(16(3)27-25(30)34-20)23(31)28-18-9-6-5-8-15(18)2/h5-14,22H,4H2,1-3H3,(H,28,31)/b20-12+/t22-/m1/s1. The third-order valence-electron chi connectivity index (χ3n) is 5.75. The average molecular weight is 490 g/mol. The molecule has 1 atom stereocenters. The summed E-state index contributed by atoms with van der Waals surface area (Å²) >= 11 is 2.85. The molecule has 7 nitrogen and oxygen atoms in total. The lowest BCUT2D eigenvalue weighted by Gasteiger charge is -2.24. The van der Waals surface area contributed by atoms with Gasteiger partial charge in [0, 0.05) is 28.9 Å². The predicted octanol–water partition coefficient (Wildman–Crippen LogP) is 3.46. The fourth-order valence-electron chi connectivity index (χ4n) is 4.01. The van der Waals surface area contributed by atoms with E-state index in [9.17, 15) is 9.59 Å². The van der Waals surface area contributed by atoms with Gasteiger partial charge in [0.1, 0.15) is 6.04 Å². The molecule has 3 aromatic heterocycles. The Morgan fingerprint density at radius 2 is 2.03 bits per heavy atom. The molecule has 5 rings (SSSR count). The third kappa shape index (κ3) is 3.97. The van der Waals surface area contributed by atoms with Crippen molar-refractivity contribution < 1.29 is 4.79 Å². The van der Waals surface area contributed by atoms with Crippen molar-refractivity contribution in [3.8, 4) is 0 Å². The number of nitrogens with zero attached hydrogens (tertiary/aromatic N) is 4. The van der Waals surface area contributed by atoms with Crippen LogP contribution in [0.4, 0.5) is 5.69 Å². The summed E-state index contributed by atoms with van der Waals surface area (Å²) in [4.78, 5) is 33.3. The van der Waals surface area contributed by atoms with Crippen molar-refractivity contribution in [1.29, 1.82) is 0 Å². The van der Waals surface area contributed by atoms with Crippen LogP contribution in [0, 0.1) is 6.92 Å². The molecular formula is C25H23N5O2S2. The van der Waals surface area contributed by atoms with Gasteiger partial charge in [0.15, 0.2) is 4.80 Å². The zero-order chi connectivity index (χ0) is 23.8. The molecule has 172 valence electrons. The Kier molecular flexibility index (Phi) is 5.89. The van der Waals surface area contributed by atoms with E-state index in [0.717, 1.165) is 28.2 Å². The van der Waals surface area contributed by atoms with E-state index in [1.54, 1.807) is 10.8 Å². The lowest BCUT2D eigenvalue weighted by Crippen LogP contribution is -2.40. The molecule has 0 radical (unpaired) electrons. The number of para-hydroxylation sites is 1. The van der Waals surface area contributed by atoms with E-state index >= 15 is 0 Å². The van der Waals surface area contributed by atoms with E-state index in [1.807, 2.05) is 79.5 Å². The van der Waals surface area contributed by atoms with Crippen LogP contribution in [-0.2, 0) is 11.3 Å². The average Bonchev–Trinajstić information content (AvgIpc) is 3.56. The minimum absolute atomic E-state index is 0.167. The number of amides is 1. The van der Waals surface area contributed by atoms with E-state index in [0.29, 0.717) is 20.6 Å². The summed E-state index contributed by atoms with van der Waals surface area (Å²) in [7, 11) is 0. The van der Waals surface area contributed by atoms with Crippen LogP contribution < -0.4 is 20.2 Å². The lowest BCUT2D eigenvalue weighted by molar-refractivity contribution is -0.113. The van der Waals surface area contributed by atoms with Crippen molar-refractivity contribution in [3.63, 3.8) is 0 Å². The Labute approximate surface area is 204 Å². The van der Waals surface area contributed by atoms with Crippen LogP contribution in [0.1, 0.15) is 35.9 Å². The summed E-state index contributed by atoms with van der Waals surface area (Å²) in [5.41, 5.74) is 3.48. The van der Waals surface area contributed by atoms with E-state index in [1.165, 1.54) is 22.7 Å². The molecule has 0 bridgehead atoms. The summed E-state index contributed by atoms with van der Waals surface area (Å²) in [6.07, 6.45) is 5.48. The van der Waals surface area contributed by atoms with Crippen LogP contribution >= 0.6 is 22.7 Å². The lowest BCUT2D eigenvalue weighted by atomic mass is 10.0.